The summed E-state index contributed by atoms with van der Waals surface area (Å²) in [6.07, 6.45) is -6.82. The first-order valence-electron chi connectivity index (χ1n) is 9.64. The summed E-state index contributed by atoms with van der Waals surface area (Å²) in [6, 6.07) is 17.9. The summed E-state index contributed by atoms with van der Waals surface area (Å²) in [5, 5.41) is 61.8. The lowest BCUT2D eigenvalue weighted by atomic mass is 10.0. The zero-order valence-electron chi connectivity index (χ0n) is 16.4. The SMILES string of the molecule is OC[C@@H](O)[C@@H](O)[C@H](O)[C@@H](O)c1nnc2n1N=C(c1ccc(-c3ccccc3)cc1)CS2. The van der Waals surface area contributed by atoms with E-state index in [-0.39, 0.29) is 5.82 Å². The molecule has 31 heavy (non-hydrogen) atoms. The van der Waals surface area contributed by atoms with Gasteiger partial charge in [-0.05, 0) is 16.7 Å². The van der Waals surface area contributed by atoms with Crippen LogP contribution in [0.5, 0.6) is 0 Å². The second-order valence-corrected chi connectivity index (χ2v) is 8.05. The first kappa shape index (κ1) is 21.6. The number of thioether (sulfide) groups is 1. The molecule has 2 aromatic carbocycles. The van der Waals surface area contributed by atoms with E-state index >= 15 is 0 Å². The molecule has 0 bridgehead atoms. The minimum atomic E-state index is -1.79. The number of hydrogen-bond acceptors (Lipinski definition) is 9. The molecule has 0 spiro atoms. The van der Waals surface area contributed by atoms with Crippen molar-refractivity contribution in [2.75, 3.05) is 12.4 Å². The van der Waals surface area contributed by atoms with Gasteiger partial charge >= 0.3 is 0 Å². The van der Waals surface area contributed by atoms with Crippen molar-refractivity contribution in [1.82, 2.24) is 14.9 Å². The minimum absolute atomic E-state index is 0.0719. The molecule has 3 aromatic rings. The molecule has 0 amide bonds. The molecule has 4 atom stereocenters. The fraction of sp³-hybridized carbons (Fsp3) is 0.286. The lowest BCUT2D eigenvalue weighted by molar-refractivity contribution is -0.118. The molecule has 1 aliphatic rings. The number of rotatable bonds is 7. The largest absolute Gasteiger partial charge is 0.394 e. The zero-order chi connectivity index (χ0) is 22.0. The summed E-state index contributed by atoms with van der Waals surface area (Å²) < 4.78 is 1.32. The molecular formula is C21H22N4O5S. The average molecular weight is 442 g/mol. The maximum Gasteiger partial charge on any atom is 0.212 e. The van der Waals surface area contributed by atoms with Crippen LogP contribution in [0, 0.1) is 0 Å². The lowest BCUT2D eigenvalue weighted by Gasteiger charge is -2.25. The van der Waals surface area contributed by atoms with Gasteiger partial charge in [0.1, 0.15) is 24.4 Å². The quantitative estimate of drug-likeness (QED) is 0.354. The molecule has 9 nitrogen and oxygen atoms in total. The zero-order valence-corrected chi connectivity index (χ0v) is 17.2. The van der Waals surface area contributed by atoms with Crippen molar-refractivity contribution in [2.45, 2.75) is 29.6 Å². The second-order valence-electron chi connectivity index (χ2n) is 7.11. The number of benzene rings is 2. The van der Waals surface area contributed by atoms with Crippen molar-refractivity contribution in [2.24, 2.45) is 5.10 Å². The smallest absolute Gasteiger partial charge is 0.212 e. The molecule has 0 saturated heterocycles. The van der Waals surface area contributed by atoms with Gasteiger partial charge in [0.25, 0.3) is 0 Å². The number of fused-ring (bicyclic) bond motifs is 1. The van der Waals surface area contributed by atoms with Crippen LogP contribution in [0.4, 0.5) is 0 Å². The Bertz CT molecular complexity index is 1060. The molecule has 0 unspecified atom stereocenters. The van der Waals surface area contributed by atoms with E-state index in [1.54, 1.807) is 0 Å². The van der Waals surface area contributed by atoms with Gasteiger partial charge in [-0.3, -0.25) is 0 Å². The summed E-state index contributed by atoms with van der Waals surface area (Å²) >= 11 is 1.38. The van der Waals surface area contributed by atoms with E-state index < -0.39 is 31.0 Å². The fourth-order valence-corrected chi connectivity index (χ4v) is 4.07. The molecule has 5 N–H and O–H groups in total. The van der Waals surface area contributed by atoms with E-state index in [2.05, 4.69) is 15.3 Å². The van der Waals surface area contributed by atoms with Crippen molar-refractivity contribution in [3.8, 4) is 11.1 Å². The predicted molar refractivity (Wildman–Crippen MR) is 115 cm³/mol. The van der Waals surface area contributed by atoms with Crippen LogP contribution in [0.2, 0.25) is 0 Å². The first-order chi connectivity index (χ1) is 15.0. The number of nitrogens with zero attached hydrogens (tertiary/aromatic N) is 4. The summed E-state index contributed by atoms with van der Waals surface area (Å²) in [6.45, 7) is -0.764. The van der Waals surface area contributed by atoms with Crippen LogP contribution in [0.15, 0.2) is 64.9 Å². The van der Waals surface area contributed by atoms with Crippen LogP contribution in [0.25, 0.3) is 11.1 Å². The van der Waals surface area contributed by atoms with Crippen LogP contribution in [0.1, 0.15) is 17.5 Å². The molecular weight excluding hydrogens is 420 g/mol. The summed E-state index contributed by atoms with van der Waals surface area (Å²) in [7, 11) is 0. The van der Waals surface area contributed by atoms with E-state index in [9.17, 15) is 20.4 Å². The van der Waals surface area contributed by atoms with Gasteiger partial charge in [-0.1, -0.05) is 66.4 Å². The van der Waals surface area contributed by atoms with Gasteiger partial charge < -0.3 is 25.5 Å². The molecule has 0 aliphatic carbocycles. The second kappa shape index (κ2) is 9.27. The van der Waals surface area contributed by atoms with Gasteiger partial charge in [0.2, 0.25) is 5.16 Å². The van der Waals surface area contributed by atoms with Crippen molar-refractivity contribution in [3.05, 3.63) is 66.0 Å². The van der Waals surface area contributed by atoms with E-state index in [1.807, 2.05) is 54.6 Å². The molecule has 1 aliphatic heterocycles. The van der Waals surface area contributed by atoms with Crippen molar-refractivity contribution in [3.63, 3.8) is 0 Å². The van der Waals surface area contributed by atoms with E-state index in [4.69, 9.17) is 5.11 Å². The maximum absolute atomic E-state index is 10.5. The Morgan fingerprint density at radius 3 is 2.16 bits per heavy atom. The Kier molecular flexibility index (Phi) is 6.46. The van der Waals surface area contributed by atoms with Gasteiger partial charge in [-0.25, -0.2) is 0 Å². The Hall–Kier alpha value is -2.60. The van der Waals surface area contributed by atoms with Crippen LogP contribution in [0.3, 0.4) is 0 Å². The number of aliphatic hydroxyl groups excluding tert-OH is 5. The summed E-state index contributed by atoms with van der Waals surface area (Å²) in [4.78, 5) is 0. The Labute approximate surface area is 182 Å². The molecule has 10 heteroatoms. The molecule has 162 valence electrons. The average Bonchev–Trinajstić information content (AvgIpc) is 3.26. The lowest BCUT2D eigenvalue weighted by Crippen LogP contribution is -2.43. The fourth-order valence-electron chi connectivity index (χ4n) is 3.23. The molecule has 0 saturated carbocycles. The Morgan fingerprint density at radius 2 is 1.48 bits per heavy atom. The van der Waals surface area contributed by atoms with Crippen molar-refractivity contribution < 1.29 is 25.5 Å². The first-order valence-corrected chi connectivity index (χ1v) is 10.6. The molecule has 0 radical (unpaired) electrons. The normalized spacial score (nSPS) is 17.4. The highest BCUT2D eigenvalue weighted by atomic mass is 32.2. The van der Waals surface area contributed by atoms with Crippen molar-refractivity contribution >= 4 is 17.5 Å². The molecule has 4 rings (SSSR count). The van der Waals surface area contributed by atoms with Gasteiger partial charge in [0, 0.05) is 5.75 Å². The molecule has 1 aromatic heterocycles. The van der Waals surface area contributed by atoms with Gasteiger partial charge in [0.15, 0.2) is 5.82 Å². The van der Waals surface area contributed by atoms with Gasteiger partial charge in [0.05, 0.1) is 12.3 Å². The van der Waals surface area contributed by atoms with Crippen molar-refractivity contribution in [1.29, 1.82) is 0 Å². The van der Waals surface area contributed by atoms with E-state index in [0.717, 1.165) is 22.4 Å². The Morgan fingerprint density at radius 1 is 0.839 bits per heavy atom. The molecule has 2 heterocycles. The van der Waals surface area contributed by atoms with Crippen LogP contribution < -0.4 is 0 Å². The van der Waals surface area contributed by atoms with Crippen LogP contribution >= 0.6 is 11.8 Å². The highest BCUT2D eigenvalue weighted by Crippen LogP contribution is 2.29. The topological polar surface area (TPSA) is 144 Å². The predicted octanol–water partition coefficient (Wildman–Crippen LogP) is 0.412. The van der Waals surface area contributed by atoms with Crippen LogP contribution in [-0.2, 0) is 0 Å². The van der Waals surface area contributed by atoms with Gasteiger partial charge in [-0.15, -0.1) is 10.2 Å². The third kappa shape index (κ3) is 4.40. The van der Waals surface area contributed by atoms with E-state index in [0.29, 0.717) is 10.9 Å². The third-order valence-electron chi connectivity index (χ3n) is 5.04. The minimum Gasteiger partial charge on any atom is -0.394 e. The highest BCUT2D eigenvalue weighted by Gasteiger charge is 2.35. The van der Waals surface area contributed by atoms with Gasteiger partial charge in [-0.2, -0.15) is 9.78 Å². The number of hydrogen-bond donors (Lipinski definition) is 5. The van der Waals surface area contributed by atoms with E-state index in [1.165, 1.54) is 16.4 Å². The summed E-state index contributed by atoms with van der Waals surface area (Å²) in [5.41, 5.74) is 3.81. The third-order valence-corrected chi connectivity index (χ3v) is 5.97. The number of aromatic nitrogens is 3. The summed E-state index contributed by atoms with van der Waals surface area (Å²) in [5.74, 6) is 0.477. The maximum atomic E-state index is 10.5. The number of aliphatic hydroxyl groups is 5. The standard InChI is InChI=1S/C21H22N4O5S/c26-10-16(27)17(28)18(29)19(30)20-22-23-21-25(20)24-15(11-31-21)14-8-6-13(7-9-14)12-4-2-1-3-5-12/h1-9,16-19,26-30H,10-11H2/t16-,17-,18+,19-/m1/s1. The van der Waals surface area contributed by atoms with Crippen LogP contribution in [-0.4, -0.2) is 76.8 Å². The molecule has 0 fully saturated rings. The monoisotopic (exact) mass is 442 g/mol. The Balaban J connectivity index is 1.59. The highest BCUT2D eigenvalue weighted by molar-refractivity contribution is 7.99.